The van der Waals surface area contributed by atoms with Gasteiger partial charge in [0.2, 0.25) is 0 Å². The standard InChI is InChI=1S/C13H6Br4ClNO/c14-6-3-10(16)12(11(17)4-6)19-13(20)8-5-7(18)1-2-9(8)15/h1-5H,(H,19,20). The first-order chi connectivity index (χ1) is 9.38. The fourth-order valence-corrected chi connectivity index (χ4v) is 4.57. The van der Waals surface area contributed by atoms with Crippen molar-refractivity contribution in [2.75, 3.05) is 5.32 Å². The molecule has 2 rings (SSSR count). The number of anilines is 1. The average Bonchev–Trinajstić information content (AvgIpc) is 2.36. The van der Waals surface area contributed by atoms with E-state index < -0.39 is 0 Å². The van der Waals surface area contributed by atoms with Crippen LogP contribution in [0.25, 0.3) is 0 Å². The van der Waals surface area contributed by atoms with Gasteiger partial charge in [0.1, 0.15) is 0 Å². The van der Waals surface area contributed by atoms with Crippen LogP contribution in [0.2, 0.25) is 5.02 Å². The van der Waals surface area contributed by atoms with Gasteiger partial charge in [-0.15, -0.1) is 0 Å². The quantitative estimate of drug-likeness (QED) is 0.449. The third kappa shape index (κ3) is 3.85. The molecule has 0 radical (unpaired) electrons. The molecule has 0 aliphatic heterocycles. The molecular weight excluding hydrogens is 541 g/mol. The topological polar surface area (TPSA) is 29.1 Å². The lowest BCUT2D eigenvalue weighted by molar-refractivity contribution is 0.102. The number of hydrogen-bond acceptors (Lipinski definition) is 1. The predicted octanol–water partition coefficient (Wildman–Crippen LogP) is 6.64. The lowest BCUT2D eigenvalue weighted by Gasteiger charge is -2.11. The summed E-state index contributed by atoms with van der Waals surface area (Å²) >= 11 is 19.5. The molecule has 0 spiro atoms. The first kappa shape index (κ1) is 16.5. The molecule has 0 fully saturated rings. The van der Waals surface area contributed by atoms with E-state index in [0.717, 1.165) is 13.4 Å². The third-order valence-corrected chi connectivity index (χ3v) is 5.05. The Morgan fingerprint density at radius 3 is 2.15 bits per heavy atom. The van der Waals surface area contributed by atoms with Crippen LogP contribution in [-0.4, -0.2) is 5.91 Å². The van der Waals surface area contributed by atoms with Gasteiger partial charge in [0.15, 0.2) is 0 Å². The summed E-state index contributed by atoms with van der Waals surface area (Å²) in [7, 11) is 0. The van der Waals surface area contributed by atoms with Gasteiger partial charge in [-0.2, -0.15) is 0 Å². The Bertz CT molecular complexity index is 667. The first-order valence-corrected chi connectivity index (χ1v) is 8.84. The number of halogens is 5. The molecule has 0 bridgehead atoms. The second kappa shape index (κ2) is 6.92. The molecule has 0 unspecified atom stereocenters. The number of carbonyl (C=O) groups is 1. The van der Waals surface area contributed by atoms with Gasteiger partial charge in [-0.05, 0) is 78.1 Å². The molecule has 0 saturated carbocycles. The molecule has 1 N–H and O–H groups in total. The molecule has 0 aromatic heterocycles. The maximum absolute atomic E-state index is 12.3. The van der Waals surface area contributed by atoms with E-state index >= 15 is 0 Å². The molecule has 0 saturated heterocycles. The minimum absolute atomic E-state index is 0.247. The Hall–Kier alpha value is 0.120. The predicted molar refractivity (Wildman–Crippen MR) is 96.6 cm³/mol. The number of nitrogens with one attached hydrogen (secondary N) is 1. The van der Waals surface area contributed by atoms with Crippen molar-refractivity contribution in [3.63, 3.8) is 0 Å². The number of hydrogen-bond donors (Lipinski definition) is 1. The van der Waals surface area contributed by atoms with Gasteiger partial charge in [0.25, 0.3) is 5.91 Å². The largest absolute Gasteiger partial charge is 0.320 e. The van der Waals surface area contributed by atoms with Crippen molar-refractivity contribution in [1.29, 1.82) is 0 Å². The van der Waals surface area contributed by atoms with Crippen LogP contribution in [0.4, 0.5) is 5.69 Å². The van der Waals surface area contributed by atoms with Crippen LogP contribution < -0.4 is 5.32 Å². The van der Waals surface area contributed by atoms with E-state index in [4.69, 9.17) is 11.6 Å². The summed E-state index contributed by atoms with van der Waals surface area (Å²) in [6.07, 6.45) is 0. The lowest BCUT2D eigenvalue weighted by atomic mass is 10.2. The van der Waals surface area contributed by atoms with Crippen LogP contribution in [0.5, 0.6) is 0 Å². The zero-order valence-corrected chi connectivity index (χ0v) is 16.8. The lowest BCUT2D eigenvalue weighted by Crippen LogP contribution is -2.13. The van der Waals surface area contributed by atoms with Gasteiger partial charge in [-0.3, -0.25) is 4.79 Å². The minimum atomic E-state index is -0.247. The van der Waals surface area contributed by atoms with Crippen molar-refractivity contribution >= 4 is 86.9 Å². The number of amides is 1. The van der Waals surface area contributed by atoms with E-state index in [0.29, 0.717) is 20.7 Å². The minimum Gasteiger partial charge on any atom is -0.320 e. The van der Waals surface area contributed by atoms with E-state index in [9.17, 15) is 4.79 Å². The van der Waals surface area contributed by atoms with E-state index in [-0.39, 0.29) is 5.91 Å². The van der Waals surface area contributed by atoms with Gasteiger partial charge < -0.3 is 5.32 Å². The maximum atomic E-state index is 12.3. The molecule has 0 atom stereocenters. The Labute approximate surface area is 154 Å². The Morgan fingerprint density at radius 1 is 0.950 bits per heavy atom. The van der Waals surface area contributed by atoms with Gasteiger partial charge in [0, 0.05) is 22.9 Å². The molecule has 2 aromatic rings. The van der Waals surface area contributed by atoms with Crippen molar-refractivity contribution in [2.45, 2.75) is 0 Å². The van der Waals surface area contributed by atoms with Crippen molar-refractivity contribution in [3.8, 4) is 0 Å². The SMILES string of the molecule is O=C(Nc1c(Br)cc(Br)cc1Br)c1cc(Cl)ccc1Br. The Balaban J connectivity index is 2.35. The molecule has 0 aliphatic carbocycles. The van der Waals surface area contributed by atoms with Crippen LogP contribution in [0.1, 0.15) is 10.4 Å². The van der Waals surface area contributed by atoms with Crippen LogP contribution in [0, 0.1) is 0 Å². The number of benzene rings is 2. The highest BCUT2D eigenvalue weighted by atomic mass is 79.9. The number of rotatable bonds is 2. The first-order valence-electron chi connectivity index (χ1n) is 5.29. The van der Waals surface area contributed by atoms with Crippen LogP contribution in [0.3, 0.4) is 0 Å². The van der Waals surface area contributed by atoms with Gasteiger partial charge in [-0.1, -0.05) is 27.5 Å². The summed E-state index contributed by atoms with van der Waals surface area (Å²) in [4.78, 5) is 12.3. The van der Waals surface area contributed by atoms with Crippen LogP contribution in [-0.2, 0) is 0 Å². The highest BCUT2D eigenvalue weighted by molar-refractivity contribution is 9.11. The van der Waals surface area contributed by atoms with Crippen LogP contribution in [0.15, 0.2) is 48.2 Å². The fourth-order valence-electron chi connectivity index (χ4n) is 1.51. The van der Waals surface area contributed by atoms with E-state index in [2.05, 4.69) is 69.0 Å². The zero-order chi connectivity index (χ0) is 14.9. The summed E-state index contributed by atoms with van der Waals surface area (Å²) in [6.45, 7) is 0. The summed E-state index contributed by atoms with van der Waals surface area (Å²) in [5.41, 5.74) is 1.13. The molecule has 7 heteroatoms. The van der Waals surface area contributed by atoms with Crippen molar-refractivity contribution in [2.24, 2.45) is 0 Å². The average molecular weight is 547 g/mol. The molecule has 104 valence electrons. The maximum Gasteiger partial charge on any atom is 0.256 e. The summed E-state index contributed by atoms with van der Waals surface area (Å²) in [5.74, 6) is -0.247. The fraction of sp³-hybridized carbons (Fsp3) is 0. The van der Waals surface area contributed by atoms with Gasteiger partial charge >= 0.3 is 0 Å². The second-order valence-corrected chi connectivity index (χ2v) is 7.74. The van der Waals surface area contributed by atoms with Crippen molar-refractivity contribution in [1.82, 2.24) is 0 Å². The van der Waals surface area contributed by atoms with E-state index in [1.165, 1.54) is 0 Å². The summed E-state index contributed by atoms with van der Waals surface area (Å²) in [5, 5.41) is 3.35. The van der Waals surface area contributed by atoms with E-state index in [1.807, 2.05) is 12.1 Å². The molecule has 1 amide bonds. The molecular formula is C13H6Br4ClNO. The molecule has 2 nitrogen and oxygen atoms in total. The highest BCUT2D eigenvalue weighted by Gasteiger charge is 2.14. The van der Waals surface area contributed by atoms with E-state index in [1.54, 1.807) is 18.2 Å². The smallest absolute Gasteiger partial charge is 0.256 e. The monoisotopic (exact) mass is 543 g/mol. The molecule has 0 heterocycles. The van der Waals surface area contributed by atoms with Crippen molar-refractivity contribution < 1.29 is 4.79 Å². The Morgan fingerprint density at radius 2 is 1.55 bits per heavy atom. The second-order valence-electron chi connectivity index (χ2n) is 3.82. The number of carbonyl (C=O) groups excluding carboxylic acids is 1. The van der Waals surface area contributed by atoms with Gasteiger partial charge in [0.05, 0.1) is 11.3 Å². The summed E-state index contributed by atoms with van der Waals surface area (Å²) in [6, 6.07) is 8.78. The third-order valence-electron chi connectivity index (χ3n) is 2.42. The highest BCUT2D eigenvalue weighted by Crippen LogP contribution is 2.35. The normalized spacial score (nSPS) is 10.4. The van der Waals surface area contributed by atoms with Gasteiger partial charge in [-0.25, -0.2) is 0 Å². The van der Waals surface area contributed by atoms with Crippen LogP contribution >= 0.6 is 75.3 Å². The van der Waals surface area contributed by atoms with Crippen molar-refractivity contribution in [3.05, 3.63) is 58.8 Å². The molecule has 2 aromatic carbocycles. The molecule has 0 aliphatic rings. The summed E-state index contributed by atoms with van der Waals surface area (Å²) < 4.78 is 3.12. The molecule has 20 heavy (non-hydrogen) atoms. The zero-order valence-electron chi connectivity index (χ0n) is 9.68. The Kier molecular flexibility index (Phi) is 5.71.